The number of hydrogen-bond donors (Lipinski definition) is 0. The van der Waals surface area contributed by atoms with Crippen LogP contribution in [0.1, 0.15) is 26.7 Å². The van der Waals surface area contributed by atoms with Crippen molar-refractivity contribution in [1.29, 1.82) is 0 Å². The molecule has 0 aromatic carbocycles. The first-order valence-electron chi connectivity index (χ1n) is 4.62. The van der Waals surface area contributed by atoms with Gasteiger partial charge in [0.15, 0.2) is 0 Å². The Balaban J connectivity index is 2.52. The molecule has 0 saturated heterocycles. The van der Waals surface area contributed by atoms with Gasteiger partial charge in [0.2, 0.25) is 0 Å². The molecule has 1 atom stereocenters. The number of hydrazone groups is 1. The van der Waals surface area contributed by atoms with Crippen molar-refractivity contribution >= 4 is 41.1 Å². The minimum Gasteiger partial charge on any atom is -0.295 e. The Kier molecular flexibility index (Phi) is 4.16. The van der Waals surface area contributed by atoms with Crippen molar-refractivity contribution in [2.45, 2.75) is 36.8 Å². The van der Waals surface area contributed by atoms with Gasteiger partial charge in [0.05, 0.1) is 0 Å². The summed E-state index contributed by atoms with van der Waals surface area (Å²) in [5.41, 5.74) is 0. The predicted octanol–water partition coefficient (Wildman–Crippen LogP) is 3.02. The third kappa shape index (κ3) is 2.81. The quantitative estimate of drug-likeness (QED) is 0.572. The summed E-state index contributed by atoms with van der Waals surface area (Å²) in [7, 11) is 0. The summed E-state index contributed by atoms with van der Waals surface area (Å²) in [6.07, 6.45) is 3.81. The van der Waals surface area contributed by atoms with Gasteiger partial charge in [-0.3, -0.25) is 9.91 Å². The maximum Gasteiger partial charge on any atom is 0.270 e. The number of nitrogens with zero attached hydrogens (tertiary/aromatic N) is 3. The summed E-state index contributed by atoms with van der Waals surface area (Å²) in [5.74, 6) is 0. The van der Waals surface area contributed by atoms with E-state index in [0.29, 0.717) is 0 Å². The molecule has 14 heavy (non-hydrogen) atoms. The molecule has 6 heteroatoms. The van der Waals surface area contributed by atoms with Crippen molar-refractivity contribution in [2.24, 2.45) is 5.10 Å². The van der Waals surface area contributed by atoms with Crippen LogP contribution in [0.5, 0.6) is 0 Å². The van der Waals surface area contributed by atoms with E-state index >= 15 is 0 Å². The number of hydrogen-bond acceptors (Lipinski definition) is 3. The van der Waals surface area contributed by atoms with Crippen molar-refractivity contribution in [1.82, 2.24) is 9.91 Å². The topological polar surface area (TPSA) is 18.8 Å². The molecule has 82 valence electrons. The van der Waals surface area contributed by atoms with Gasteiger partial charge in [-0.1, -0.05) is 48.1 Å². The molecule has 0 N–H and O–H groups in total. The molecule has 0 aliphatic carbocycles. The lowest BCUT2D eigenvalue weighted by Crippen LogP contribution is -2.43. The van der Waals surface area contributed by atoms with Gasteiger partial charge in [-0.15, -0.1) is 0 Å². The van der Waals surface area contributed by atoms with E-state index in [2.05, 4.69) is 12.0 Å². The van der Waals surface area contributed by atoms with E-state index in [1.165, 1.54) is 0 Å². The highest BCUT2D eigenvalue weighted by Gasteiger charge is 2.36. The number of halogens is 3. The van der Waals surface area contributed by atoms with Gasteiger partial charge >= 0.3 is 0 Å². The fraction of sp³-hybridized carbons (Fsp3) is 0.875. The molecule has 1 heterocycles. The van der Waals surface area contributed by atoms with Crippen LogP contribution < -0.4 is 0 Å². The first-order valence-corrected chi connectivity index (χ1v) is 5.76. The molecule has 1 unspecified atom stereocenters. The van der Waals surface area contributed by atoms with Gasteiger partial charge in [0.1, 0.15) is 12.5 Å². The molecule has 1 aliphatic heterocycles. The minimum atomic E-state index is -1.41. The monoisotopic (exact) mass is 257 g/mol. The van der Waals surface area contributed by atoms with E-state index in [9.17, 15) is 0 Å². The van der Waals surface area contributed by atoms with Crippen molar-refractivity contribution in [2.75, 3.05) is 6.54 Å². The van der Waals surface area contributed by atoms with Gasteiger partial charge in [-0.2, -0.15) is 5.10 Å². The van der Waals surface area contributed by atoms with Crippen LogP contribution in [0.2, 0.25) is 0 Å². The summed E-state index contributed by atoms with van der Waals surface area (Å²) in [4.78, 5) is 1.60. The fourth-order valence-corrected chi connectivity index (χ4v) is 1.86. The van der Waals surface area contributed by atoms with E-state index in [-0.39, 0.29) is 6.17 Å². The third-order valence-corrected chi connectivity index (χ3v) is 2.78. The highest BCUT2D eigenvalue weighted by molar-refractivity contribution is 6.67. The lowest BCUT2D eigenvalue weighted by molar-refractivity contribution is 0.144. The van der Waals surface area contributed by atoms with E-state index in [4.69, 9.17) is 34.8 Å². The van der Waals surface area contributed by atoms with Crippen LogP contribution in [0.25, 0.3) is 0 Å². The highest BCUT2D eigenvalue weighted by Crippen LogP contribution is 2.34. The van der Waals surface area contributed by atoms with Gasteiger partial charge in [0, 0.05) is 6.54 Å². The second-order valence-corrected chi connectivity index (χ2v) is 5.48. The van der Waals surface area contributed by atoms with E-state index in [0.717, 1.165) is 19.4 Å². The molecule has 0 bridgehead atoms. The zero-order valence-corrected chi connectivity index (χ0v) is 10.5. The van der Waals surface area contributed by atoms with Crippen molar-refractivity contribution in [3.05, 3.63) is 0 Å². The van der Waals surface area contributed by atoms with E-state index < -0.39 is 3.92 Å². The Labute approximate surface area is 99.6 Å². The number of unbranched alkanes of at least 4 members (excludes halogenated alkanes) is 1. The highest BCUT2D eigenvalue weighted by atomic mass is 35.6. The molecule has 1 rings (SSSR count). The lowest BCUT2D eigenvalue weighted by atomic mass is 10.3. The largest absolute Gasteiger partial charge is 0.295 e. The molecular weight excluding hydrogens is 244 g/mol. The van der Waals surface area contributed by atoms with Crippen LogP contribution in [-0.4, -0.2) is 32.9 Å². The molecule has 0 aromatic heterocycles. The van der Waals surface area contributed by atoms with Crippen molar-refractivity contribution < 1.29 is 0 Å². The van der Waals surface area contributed by atoms with Crippen LogP contribution in [-0.2, 0) is 0 Å². The summed E-state index contributed by atoms with van der Waals surface area (Å²) < 4.78 is -1.41. The Bertz CT molecular complexity index is 214. The smallest absolute Gasteiger partial charge is 0.270 e. The zero-order valence-electron chi connectivity index (χ0n) is 8.25. The van der Waals surface area contributed by atoms with Gasteiger partial charge in [-0.25, -0.2) is 0 Å². The lowest BCUT2D eigenvalue weighted by Gasteiger charge is -2.31. The summed E-state index contributed by atoms with van der Waals surface area (Å²) in [5, 5.41) is 6.11. The zero-order chi connectivity index (χ0) is 10.8. The van der Waals surface area contributed by atoms with Crippen LogP contribution in [0.4, 0.5) is 0 Å². The van der Waals surface area contributed by atoms with Crippen molar-refractivity contribution in [3.8, 4) is 0 Å². The van der Waals surface area contributed by atoms with Gasteiger partial charge in [-0.05, 0) is 13.3 Å². The molecule has 0 amide bonds. The number of rotatable bonds is 3. The van der Waals surface area contributed by atoms with Crippen LogP contribution in [0, 0.1) is 0 Å². The molecule has 0 fully saturated rings. The van der Waals surface area contributed by atoms with Crippen LogP contribution in [0.15, 0.2) is 5.10 Å². The average molecular weight is 259 g/mol. The molecule has 1 aliphatic rings. The SMILES string of the molecule is CCCCN1N=CN(C(Cl)(Cl)Cl)C1C. The summed E-state index contributed by atoms with van der Waals surface area (Å²) in [6.45, 7) is 4.99. The van der Waals surface area contributed by atoms with E-state index in [1.807, 2.05) is 11.9 Å². The second kappa shape index (κ2) is 4.77. The second-order valence-electron chi connectivity index (χ2n) is 3.25. The maximum absolute atomic E-state index is 5.77. The maximum atomic E-state index is 5.77. The summed E-state index contributed by atoms with van der Waals surface area (Å²) >= 11 is 17.3. The molecule has 0 radical (unpaired) electrons. The predicted molar refractivity (Wildman–Crippen MR) is 61.7 cm³/mol. The standard InChI is InChI=1S/C8H14Cl3N3/c1-3-4-5-14-7(2)13(6-12-14)8(9,10)11/h6-7H,3-5H2,1-2H3. The Hall–Kier alpha value is 0.140. The Morgan fingerprint density at radius 1 is 1.43 bits per heavy atom. The first kappa shape index (κ1) is 12.2. The normalized spacial score (nSPS) is 22.2. The third-order valence-electron chi connectivity index (χ3n) is 2.19. The molecule has 0 saturated carbocycles. The Morgan fingerprint density at radius 3 is 2.50 bits per heavy atom. The number of alkyl halides is 3. The molecule has 3 nitrogen and oxygen atoms in total. The summed E-state index contributed by atoms with van der Waals surface area (Å²) in [6, 6.07) is 0. The van der Waals surface area contributed by atoms with Gasteiger partial charge < -0.3 is 0 Å². The fourth-order valence-electron chi connectivity index (χ4n) is 1.30. The molecule has 0 aromatic rings. The van der Waals surface area contributed by atoms with Crippen molar-refractivity contribution in [3.63, 3.8) is 0 Å². The first-order chi connectivity index (χ1) is 6.46. The minimum absolute atomic E-state index is 0.00838. The van der Waals surface area contributed by atoms with E-state index in [1.54, 1.807) is 11.2 Å². The Morgan fingerprint density at radius 2 is 2.07 bits per heavy atom. The van der Waals surface area contributed by atoms with Crippen LogP contribution >= 0.6 is 34.8 Å². The molecule has 0 spiro atoms. The molecular formula is C8H14Cl3N3. The van der Waals surface area contributed by atoms with Gasteiger partial charge in [0.25, 0.3) is 3.92 Å². The average Bonchev–Trinajstić information content (AvgIpc) is 2.42. The van der Waals surface area contributed by atoms with Crippen LogP contribution in [0.3, 0.4) is 0 Å².